The minimum atomic E-state index is -0.395. The Hall–Kier alpha value is -1.71. The summed E-state index contributed by atoms with van der Waals surface area (Å²) in [6.07, 6.45) is 0. The van der Waals surface area contributed by atoms with Gasteiger partial charge in [0.2, 0.25) is 0 Å². The Kier molecular flexibility index (Phi) is 1.40. The van der Waals surface area contributed by atoms with Gasteiger partial charge >= 0.3 is 5.97 Å². The highest BCUT2D eigenvalue weighted by atomic mass is 16.6. The molecule has 0 aromatic heterocycles. The molecular formula is C8H7NO3. The van der Waals surface area contributed by atoms with Gasteiger partial charge in [-0.2, -0.15) is 0 Å². The third-order valence-corrected chi connectivity index (χ3v) is 1.54. The largest absolute Gasteiger partial charge is 0.478 e. The van der Waals surface area contributed by atoms with Crippen molar-refractivity contribution in [3.63, 3.8) is 0 Å². The van der Waals surface area contributed by atoms with E-state index >= 15 is 0 Å². The Balaban J connectivity index is 2.44. The zero-order valence-electron chi connectivity index (χ0n) is 6.24. The summed E-state index contributed by atoms with van der Waals surface area (Å²) in [6.45, 7) is -0.0308. The predicted octanol–water partition coefficient (Wildman–Crippen LogP) is 0.567. The molecule has 1 aliphatic rings. The molecule has 12 heavy (non-hydrogen) atoms. The first-order valence-corrected chi connectivity index (χ1v) is 3.49. The van der Waals surface area contributed by atoms with Gasteiger partial charge in [0.1, 0.15) is 0 Å². The highest BCUT2D eigenvalue weighted by Gasteiger charge is 2.17. The molecule has 0 radical (unpaired) electrons. The maximum atomic E-state index is 10.7. The molecule has 1 aromatic carbocycles. The number of hydrogen-bond acceptors (Lipinski definition) is 4. The van der Waals surface area contributed by atoms with Gasteiger partial charge in [0.15, 0.2) is 18.1 Å². The Morgan fingerprint density at radius 3 is 3.00 bits per heavy atom. The van der Waals surface area contributed by atoms with Crippen molar-refractivity contribution < 1.29 is 14.3 Å². The van der Waals surface area contributed by atoms with Gasteiger partial charge in [-0.1, -0.05) is 0 Å². The summed E-state index contributed by atoms with van der Waals surface area (Å²) in [5, 5.41) is 0. The van der Waals surface area contributed by atoms with Crippen molar-refractivity contribution in [3.8, 4) is 11.5 Å². The first-order chi connectivity index (χ1) is 5.75. The summed E-state index contributed by atoms with van der Waals surface area (Å²) in [7, 11) is 0. The van der Waals surface area contributed by atoms with E-state index in [0.29, 0.717) is 17.2 Å². The summed E-state index contributed by atoms with van der Waals surface area (Å²) >= 11 is 0. The second-order valence-corrected chi connectivity index (χ2v) is 2.47. The number of carbonyl (C=O) groups is 1. The molecule has 2 rings (SSSR count). The van der Waals surface area contributed by atoms with E-state index in [4.69, 9.17) is 15.2 Å². The number of nitrogen functional groups attached to an aromatic ring is 1. The molecule has 0 saturated heterocycles. The second kappa shape index (κ2) is 2.41. The summed E-state index contributed by atoms with van der Waals surface area (Å²) < 4.78 is 9.93. The van der Waals surface area contributed by atoms with Gasteiger partial charge in [-0.3, -0.25) is 0 Å². The van der Waals surface area contributed by atoms with E-state index in [-0.39, 0.29) is 6.61 Å². The van der Waals surface area contributed by atoms with Gasteiger partial charge in [0, 0.05) is 11.8 Å². The summed E-state index contributed by atoms with van der Waals surface area (Å²) in [4.78, 5) is 10.7. The molecule has 1 aliphatic heterocycles. The van der Waals surface area contributed by atoms with E-state index in [9.17, 15) is 4.79 Å². The van der Waals surface area contributed by atoms with Crippen LogP contribution in [-0.4, -0.2) is 12.6 Å². The standard InChI is InChI=1S/C8H7NO3/c9-5-1-2-6-7(3-5)12-8(10)4-11-6/h1-3H,4,9H2. The lowest BCUT2D eigenvalue weighted by atomic mass is 10.3. The lowest BCUT2D eigenvalue weighted by molar-refractivity contribution is -0.138. The Morgan fingerprint density at radius 1 is 1.33 bits per heavy atom. The zero-order valence-corrected chi connectivity index (χ0v) is 6.24. The summed E-state index contributed by atoms with van der Waals surface area (Å²) in [6, 6.07) is 4.93. The molecule has 0 unspecified atom stereocenters. The van der Waals surface area contributed by atoms with Crippen LogP contribution in [0.5, 0.6) is 11.5 Å². The molecule has 0 bridgehead atoms. The monoisotopic (exact) mass is 165 g/mol. The average Bonchev–Trinajstić information content (AvgIpc) is 2.03. The number of benzene rings is 1. The Bertz CT molecular complexity index is 335. The van der Waals surface area contributed by atoms with Gasteiger partial charge in [-0.05, 0) is 12.1 Å². The van der Waals surface area contributed by atoms with Crippen LogP contribution in [0.25, 0.3) is 0 Å². The van der Waals surface area contributed by atoms with Crippen molar-refractivity contribution >= 4 is 11.7 Å². The Morgan fingerprint density at radius 2 is 2.17 bits per heavy atom. The molecule has 0 saturated carbocycles. The van der Waals surface area contributed by atoms with Crippen LogP contribution in [0.2, 0.25) is 0 Å². The Labute approximate surface area is 68.9 Å². The van der Waals surface area contributed by atoms with Gasteiger partial charge in [-0.25, -0.2) is 4.79 Å². The van der Waals surface area contributed by atoms with E-state index in [2.05, 4.69) is 0 Å². The van der Waals surface area contributed by atoms with Crippen LogP contribution in [0.1, 0.15) is 0 Å². The van der Waals surface area contributed by atoms with E-state index < -0.39 is 5.97 Å². The predicted molar refractivity (Wildman–Crippen MR) is 42.0 cm³/mol. The highest BCUT2D eigenvalue weighted by Crippen LogP contribution is 2.31. The summed E-state index contributed by atoms with van der Waals surface area (Å²) in [5.41, 5.74) is 6.03. The van der Waals surface area contributed by atoms with E-state index in [1.54, 1.807) is 18.2 Å². The van der Waals surface area contributed by atoms with Crippen molar-refractivity contribution in [3.05, 3.63) is 18.2 Å². The number of anilines is 1. The fourth-order valence-electron chi connectivity index (χ4n) is 1.01. The topological polar surface area (TPSA) is 61.5 Å². The molecule has 0 fully saturated rings. The first kappa shape index (κ1) is 6.97. The number of esters is 1. The number of nitrogens with two attached hydrogens (primary N) is 1. The number of fused-ring (bicyclic) bond motifs is 1. The molecule has 1 aromatic rings. The average molecular weight is 165 g/mol. The normalized spacial score (nSPS) is 14.5. The summed E-state index contributed by atoms with van der Waals surface area (Å²) in [5.74, 6) is 0.558. The number of carbonyl (C=O) groups excluding carboxylic acids is 1. The molecule has 1 heterocycles. The van der Waals surface area contributed by atoms with Crippen molar-refractivity contribution in [2.75, 3.05) is 12.3 Å². The second-order valence-electron chi connectivity index (χ2n) is 2.47. The molecule has 4 heteroatoms. The number of rotatable bonds is 0. The molecule has 0 spiro atoms. The maximum absolute atomic E-state index is 10.7. The van der Waals surface area contributed by atoms with Gasteiger partial charge in [-0.15, -0.1) is 0 Å². The number of ether oxygens (including phenoxy) is 2. The van der Waals surface area contributed by atoms with E-state index in [1.807, 2.05) is 0 Å². The molecule has 4 nitrogen and oxygen atoms in total. The van der Waals surface area contributed by atoms with Crippen molar-refractivity contribution in [2.45, 2.75) is 0 Å². The van der Waals surface area contributed by atoms with Crippen LogP contribution in [0.3, 0.4) is 0 Å². The lowest BCUT2D eigenvalue weighted by Gasteiger charge is -2.16. The van der Waals surface area contributed by atoms with Gasteiger partial charge in [0.25, 0.3) is 0 Å². The fraction of sp³-hybridized carbons (Fsp3) is 0.125. The minimum absolute atomic E-state index is 0.0308. The molecule has 62 valence electrons. The fourth-order valence-corrected chi connectivity index (χ4v) is 1.01. The van der Waals surface area contributed by atoms with Crippen molar-refractivity contribution in [1.29, 1.82) is 0 Å². The van der Waals surface area contributed by atoms with E-state index in [0.717, 1.165) is 0 Å². The van der Waals surface area contributed by atoms with Crippen molar-refractivity contribution in [1.82, 2.24) is 0 Å². The first-order valence-electron chi connectivity index (χ1n) is 3.49. The molecular weight excluding hydrogens is 158 g/mol. The van der Waals surface area contributed by atoms with Crippen LogP contribution >= 0.6 is 0 Å². The van der Waals surface area contributed by atoms with Crippen LogP contribution < -0.4 is 15.2 Å². The smallest absolute Gasteiger partial charge is 0.349 e. The van der Waals surface area contributed by atoms with Crippen LogP contribution in [0.4, 0.5) is 5.69 Å². The molecule has 0 aliphatic carbocycles. The molecule has 0 atom stereocenters. The quantitative estimate of drug-likeness (QED) is 0.347. The van der Waals surface area contributed by atoms with Gasteiger partial charge in [0.05, 0.1) is 0 Å². The van der Waals surface area contributed by atoms with E-state index in [1.165, 1.54) is 0 Å². The molecule has 2 N–H and O–H groups in total. The van der Waals surface area contributed by atoms with Crippen molar-refractivity contribution in [2.24, 2.45) is 0 Å². The molecule has 0 amide bonds. The minimum Gasteiger partial charge on any atom is -0.478 e. The van der Waals surface area contributed by atoms with Crippen LogP contribution in [-0.2, 0) is 4.79 Å². The maximum Gasteiger partial charge on any atom is 0.349 e. The zero-order chi connectivity index (χ0) is 8.55. The third kappa shape index (κ3) is 1.07. The van der Waals surface area contributed by atoms with Crippen LogP contribution in [0.15, 0.2) is 18.2 Å². The third-order valence-electron chi connectivity index (χ3n) is 1.54. The lowest BCUT2D eigenvalue weighted by Crippen LogP contribution is -2.22. The number of hydrogen-bond donors (Lipinski definition) is 1. The SMILES string of the molecule is Nc1ccc2c(c1)OC(=O)CO2. The van der Waals surface area contributed by atoms with Gasteiger partial charge < -0.3 is 15.2 Å². The van der Waals surface area contributed by atoms with Crippen LogP contribution in [0, 0.1) is 0 Å². The highest BCUT2D eigenvalue weighted by molar-refractivity contribution is 5.77.